The van der Waals surface area contributed by atoms with Crippen molar-refractivity contribution in [1.82, 2.24) is 14.9 Å². The summed E-state index contributed by atoms with van der Waals surface area (Å²) in [4.78, 5) is 32.7. The summed E-state index contributed by atoms with van der Waals surface area (Å²) in [6, 6.07) is 9.32. The van der Waals surface area contributed by atoms with Crippen LogP contribution in [0.25, 0.3) is 10.2 Å². The molecule has 0 aliphatic rings. The molecule has 2 heterocycles. The summed E-state index contributed by atoms with van der Waals surface area (Å²) in [6.07, 6.45) is 0. The molecule has 124 valence electrons. The van der Waals surface area contributed by atoms with E-state index in [-0.39, 0.29) is 24.6 Å². The van der Waals surface area contributed by atoms with E-state index in [1.807, 2.05) is 36.6 Å². The Labute approximate surface area is 142 Å². The predicted molar refractivity (Wildman–Crippen MR) is 93.4 cm³/mol. The Bertz CT molecular complexity index is 932. The third-order valence-electron chi connectivity index (χ3n) is 3.62. The molecular formula is C17H17N3O3S. The van der Waals surface area contributed by atoms with Crippen LogP contribution in [0.1, 0.15) is 11.4 Å². The summed E-state index contributed by atoms with van der Waals surface area (Å²) in [5.41, 5.74) is 1.44. The van der Waals surface area contributed by atoms with Gasteiger partial charge in [-0.15, -0.1) is 11.3 Å². The molecule has 0 fully saturated rings. The average Bonchev–Trinajstić information content (AvgIpc) is 3.03. The standard InChI is InChI=1S/C17H17N3O3S/c1-11-5-3-4-6-13(11)23-10-15(21)20(2)9-14-18-12-7-8-24-16(12)17(22)19-14/h3-8H,9-10H2,1-2H3,(H,18,19,22). The minimum atomic E-state index is -0.189. The predicted octanol–water partition coefficient (Wildman–Crippen LogP) is 2.33. The fraction of sp³-hybridized carbons (Fsp3) is 0.235. The van der Waals surface area contributed by atoms with E-state index in [0.29, 0.717) is 21.8 Å². The van der Waals surface area contributed by atoms with Crippen LogP contribution in [0.15, 0.2) is 40.5 Å². The van der Waals surface area contributed by atoms with Crippen molar-refractivity contribution in [3.63, 3.8) is 0 Å². The normalized spacial score (nSPS) is 10.8. The number of hydrogen-bond acceptors (Lipinski definition) is 5. The second kappa shape index (κ2) is 6.84. The Morgan fingerprint density at radius 1 is 1.33 bits per heavy atom. The number of aryl methyl sites for hydroxylation is 1. The van der Waals surface area contributed by atoms with Gasteiger partial charge in [0.15, 0.2) is 6.61 Å². The van der Waals surface area contributed by atoms with Crippen LogP contribution < -0.4 is 10.3 Å². The first kappa shape index (κ1) is 16.2. The van der Waals surface area contributed by atoms with Crippen molar-refractivity contribution in [2.75, 3.05) is 13.7 Å². The van der Waals surface area contributed by atoms with Crippen LogP contribution in [0.2, 0.25) is 0 Å². The van der Waals surface area contributed by atoms with E-state index in [1.165, 1.54) is 16.2 Å². The highest BCUT2D eigenvalue weighted by Crippen LogP contribution is 2.16. The number of para-hydroxylation sites is 1. The topological polar surface area (TPSA) is 75.3 Å². The first-order valence-electron chi connectivity index (χ1n) is 7.43. The minimum Gasteiger partial charge on any atom is -0.484 e. The van der Waals surface area contributed by atoms with Gasteiger partial charge in [0.25, 0.3) is 11.5 Å². The number of nitrogens with one attached hydrogen (secondary N) is 1. The van der Waals surface area contributed by atoms with Gasteiger partial charge >= 0.3 is 0 Å². The van der Waals surface area contributed by atoms with Crippen LogP contribution in [0, 0.1) is 6.92 Å². The maximum Gasteiger partial charge on any atom is 0.268 e. The quantitative estimate of drug-likeness (QED) is 0.771. The lowest BCUT2D eigenvalue weighted by Crippen LogP contribution is -2.32. The Morgan fingerprint density at radius 3 is 2.92 bits per heavy atom. The minimum absolute atomic E-state index is 0.0632. The van der Waals surface area contributed by atoms with Gasteiger partial charge in [-0.3, -0.25) is 9.59 Å². The van der Waals surface area contributed by atoms with Crippen molar-refractivity contribution in [2.45, 2.75) is 13.5 Å². The zero-order valence-electron chi connectivity index (χ0n) is 13.4. The molecule has 0 aliphatic carbocycles. The molecule has 2 aromatic heterocycles. The maximum absolute atomic E-state index is 12.2. The number of aromatic nitrogens is 2. The van der Waals surface area contributed by atoms with Crippen LogP contribution in [-0.4, -0.2) is 34.4 Å². The molecule has 0 aliphatic heterocycles. The molecule has 0 atom stereocenters. The number of H-pyrrole nitrogens is 1. The van der Waals surface area contributed by atoms with Gasteiger partial charge < -0.3 is 14.6 Å². The van der Waals surface area contributed by atoms with E-state index in [2.05, 4.69) is 9.97 Å². The number of fused-ring (bicyclic) bond motifs is 1. The molecule has 0 unspecified atom stereocenters. The van der Waals surface area contributed by atoms with Crippen molar-refractivity contribution in [1.29, 1.82) is 0 Å². The van der Waals surface area contributed by atoms with E-state index in [4.69, 9.17) is 4.74 Å². The summed E-state index contributed by atoms with van der Waals surface area (Å²) in [7, 11) is 1.65. The fourth-order valence-corrected chi connectivity index (χ4v) is 3.00. The van der Waals surface area contributed by atoms with Crippen LogP contribution >= 0.6 is 11.3 Å². The smallest absolute Gasteiger partial charge is 0.268 e. The number of thiophene rings is 1. The molecule has 6 nitrogen and oxygen atoms in total. The van der Waals surface area contributed by atoms with E-state index in [0.717, 1.165) is 5.56 Å². The number of carbonyl (C=O) groups excluding carboxylic acids is 1. The molecule has 0 saturated heterocycles. The van der Waals surface area contributed by atoms with E-state index in [9.17, 15) is 9.59 Å². The number of ether oxygens (including phenoxy) is 1. The molecule has 7 heteroatoms. The number of aromatic amines is 1. The van der Waals surface area contributed by atoms with Gasteiger partial charge in [0.05, 0.1) is 12.1 Å². The number of likely N-dealkylation sites (N-methyl/N-ethyl adjacent to an activating group) is 1. The summed E-state index contributed by atoms with van der Waals surface area (Å²) in [5.74, 6) is 0.953. The number of nitrogens with zero attached hydrogens (tertiary/aromatic N) is 2. The molecule has 1 amide bonds. The lowest BCUT2D eigenvalue weighted by atomic mass is 10.2. The van der Waals surface area contributed by atoms with E-state index < -0.39 is 0 Å². The van der Waals surface area contributed by atoms with Gasteiger partial charge in [0.1, 0.15) is 16.3 Å². The Kier molecular flexibility index (Phi) is 4.61. The van der Waals surface area contributed by atoms with Crippen molar-refractivity contribution >= 4 is 27.5 Å². The van der Waals surface area contributed by atoms with Gasteiger partial charge in [0, 0.05) is 7.05 Å². The SMILES string of the molecule is Cc1ccccc1OCC(=O)N(C)Cc1nc2ccsc2c(=O)[nH]1. The molecule has 1 N–H and O–H groups in total. The summed E-state index contributed by atoms with van der Waals surface area (Å²) < 4.78 is 6.15. The number of rotatable bonds is 5. The largest absolute Gasteiger partial charge is 0.484 e. The fourth-order valence-electron chi connectivity index (χ4n) is 2.28. The van der Waals surface area contributed by atoms with Crippen molar-refractivity contribution in [3.8, 4) is 5.75 Å². The summed E-state index contributed by atoms with van der Waals surface area (Å²) in [5, 5.41) is 1.82. The molecule has 0 saturated carbocycles. The van der Waals surface area contributed by atoms with Gasteiger partial charge in [-0.1, -0.05) is 18.2 Å². The van der Waals surface area contributed by atoms with Gasteiger partial charge in [-0.25, -0.2) is 4.98 Å². The zero-order chi connectivity index (χ0) is 17.1. The third-order valence-corrected chi connectivity index (χ3v) is 4.52. The lowest BCUT2D eigenvalue weighted by Gasteiger charge is -2.17. The Morgan fingerprint density at radius 2 is 2.12 bits per heavy atom. The molecule has 3 aromatic rings. The van der Waals surface area contributed by atoms with E-state index in [1.54, 1.807) is 13.1 Å². The Balaban J connectivity index is 1.65. The number of carbonyl (C=O) groups is 1. The van der Waals surface area contributed by atoms with Crippen molar-refractivity contribution in [2.24, 2.45) is 0 Å². The molecule has 1 aromatic carbocycles. The second-order valence-corrected chi connectivity index (χ2v) is 6.37. The first-order valence-corrected chi connectivity index (χ1v) is 8.31. The highest BCUT2D eigenvalue weighted by molar-refractivity contribution is 7.17. The van der Waals surface area contributed by atoms with Crippen LogP contribution in [0.3, 0.4) is 0 Å². The monoisotopic (exact) mass is 343 g/mol. The molecule has 0 spiro atoms. The highest BCUT2D eigenvalue weighted by Gasteiger charge is 2.13. The molecule has 0 radical (unpaired) electrons. The third kappa shape index (κ3) is 3.46. The lowest BCUT2D eigenvalue weighted by molar-refractivity contribution is -0.132. The first-order chi connectivity index (χ1) is 11.5. The average molecular weight is 343 g/mol. The van der Waals surface area contributed by atoms with Crippen molar-refractivity contribution in [3.05, 3.63) is 57.5 Å². The number of benzene rings is 1. The van der Waals surface area contributed by atoms with Crippen LogP contribution in [-0.2, 0) is 11.3 Å². The van der Waals surface area contributed by atoms with Gasteiger partial charge in [0.2, 0.25) is 0 Å². The van der Waals surface area contributed by atoms with Crippen molar-refractivity contribution < 1.29 is 9.53 Å². The molecule has 0 bridgehead atoms. The molecule has 3 rings (SSSR count). The maximum atomic E-state index is 12.2. The van der Waals surface area contributed by atoms with Gasteiger partial charge in [-0.05, 0) is 30.0 Å². The number of amides is 1. The molecule has 24 heavy (non-hydrogen) atoms. The number of hydrogen-bond donors (Lipinski definition) is 1. The molecular weight excluding hydrogens is 326 g/mol. The summed E-state index contributed by atoms with van der Waals surface area (Å²) in [6.45, 7) is 2.08. The highest BCUT2D eigenvalue weighted by atomic mass is 32.1. The second-order valence-electron chi connectivity index (χ2n) is 5.45. The zero-order valence-corrected chi connectivity index (χ0v) is 14.2. The van der Waals surface area contributed by atoms with Crippen LogP contribution in [0.5, 0.6) is 5.75 Å². The van der Waals surface area contributed by atoms with Gasteiger partial charge in [-0.2, -0.15) is 0 Å². The Hall–Kier alpha value is -2.67. The van der Waals surface area contributed by atoms with Crippen LogP contribution in [0.4, 0.5) is 0 Å². The summed E-state index contributed by atoms with van der Waals surface area (Å²) >= 11 is 1.35. The van der Waals surface area contributed by atoms with E-state index >= 15 is 0 Å².